The maximum absolute atomic E-state index is 12.3. The van der Waals surface area contributed by atoms with Crippen LogP contribution >= 0.6 is 0 Å². The van der Waals surface area contributed by atoms with E-state index in [2.05, 4.69) is 20.6 Å². The zero-order valence-electron chi connectivity index (χ0n) is 12.3. The molecule has 0 aliphatic carbocycles. The number of amides is 1. The molecule has 0 saturated carbocycles. The molecule has 6 nitrogen and oxygen atoms in total. The van der Waals surface area contributed by atoms with Crippen LogP contribution in [0.1, 0.15) is 23.0 Å². The molecule has 0 fully saturated rings. The summed E-state index contributed by atoms with van der Waals surface area (Å²) in [5.41, 5.74) is 1.88. The molecular weight excluding hydrogens is 268 g/mol. The quantitative estimate of drug-likeness (QED) is 0.883. The molecule has 21 heavy (non-hydrogen) atoms. The van der Waals surface area contributed by atoms with Crippen molar-refractivity contribution in [3.63, 3.8) is 0 Å². The molecule has 0 atom stereocenters. The van der Waals surface area contributed by atoms with Crippen LogP contribution in [0.25, 0.3) is 0 Å². The molecule has 1 heterocycles. The summed E-state index contributed by atoms with van der Waals surface area (Å²) >= 11 is 0. The Kier molecular flexibility index (Phi) is 4.71. The fraction of sp³-hybridized carbons (Fsp3) is 0.267. The number of aryl methyl sites for hydroxylation is 1. The topological polar surface area (TPSA) is 76.1 Å². The molecule has 2 N–H and O–H groups in total. The molecule has 1 aromatic heterocycles. The first kappa shape index (κ1) is 14.8. The molecule has 2 aromatic rings. The van der Waals surface area contributed by atoms with Gasteiger partial charge in [-0.1, -0.05) is 6.07 Å². The molecule has 0 aliphatic rings. The molecule has 0 aliphatic heterocycles. The highest BCUT2D eigenvalue weighted by Crippen LogP contribution is 2.25. The largest absolute Gasteiger partial charge is 0.495 e. The third kappa shape index (κ3) is 3.68. The Morgan fingerprint density at radius 1 is 1.33 bits per heavy atom. The predicted octanol–water partition coefficient (Wildman–Crippen LogP) is 2.48. The van der Waals surface area contributed by atoms with E-state index in [9.17, 15) is 4.79 Å². The number of benzene rings is 1. The van der Waals surface area contributed by atoms with Crippen molar-refractivity contribution in [2.75, 3.05) is 24.3 Å². The Morgan fingerprint density at radius 3 is 2.86 bits per heavy atom. The highest BCUT2D eigenvalue weighted by atomic mass is 16.5. The molecule has 6 heteroatoms. The van der Waals surface area contributed by atoms with Crippen LogP contribution < -0.4 is 15.4 Å². The average molecular weight is 286 g/mol. The first-order chi connectivity index (χ1) is 10.1. The normalized spacial score (nSPS) is 10.0. The Labute approximate surface area is 123 Å². The second-order valence-electron chi connectivity index (χ2n) is 4.48. The van der Waals surface area contributed by atoms with Gasteiger partial charge in [-0.2, -0.15) is 0 Å². The number of nitrogens with one attached hydrogen (secondary N) is 2. The molecule has 0 radical (unpaired) electrons. The zero-order valence-corrected chi connectivity index (χ0v) is 12.3. The second-order valence-corrected chi connectivity index (χ2v) is 4.48. The van der Waals surface area contributed by atoms with Gasteiger partial charge in [0, 0.05) is 6.54 Å². The SMILES string of the molecule is CCNc1cncc(C(=O)Nc2cc(C)ccc2OC)n1. The highest BCUT2D eigenvalue weighted by molar-refractivity contribution is 6.03. The van der Waals surface area contributed by atoms with Gasteiger partial charge in [0.15, 0.2) is 0 Å². The van der Waals surface area contributed by atoms with E-state index in [-0.39, 0.29) is 11.6 Å². The maximum Gasteiger partial charge on any atom is 0.276 e. The van der Waals surface area contributed by atoms with Crippen molar-refractivity contribution in [3.05, 3.63) is 41.9 Å². The lowest BCUT2D eigenvalue weighted by molar-refractivity contribution is 0.102. The van der Waals surface area contributed by atoms with E-state index in [0.29, 0.717) is 23.8 Å². The van der Waals surface area contributed by atoms with E-state index >= 15 is 0 Å². The first-order valence-electron chi connectivity index (χ1n) is 6.66. The van der Waals surface area contributed by atoms with Crippen LogP contribution in [0.2, 0.25) is 0 Å². The van der Waals surface area contributed by atoms with Crippen LogP contribution in [0.3, 0.4) is 0 Å². The van der Waals surface area contributed by atoms with Crippen molar-refractivity contribution < 1.29 is 9.53 Å². The Morgan fingerprint density at radius 2 is 2.14 bits per heavy atom. The number of hydrogen-bond donors (Lipinski definition) is 2. The minimum atomic E-state index is -0.328. The number of methoxy groups -OCH3 is 1. The molecule has 110 valence electrons. The van der Waals surface area contributed by atoms with E-state index in [1.54, 1.807) is 13.3 Å². The van der Waals surface area contributed by atoms with E-state index in [1.807, 2.05) is 32.0 Å². The molecule has 0 unspecified atom stereocenters. The van der Waals surface area contributed by atoms with Gasteiger partial charge >= 0.3 is 0 Å². The van der Waals surface area contributed by atoms with Gasteiger partial charge in [0.2, 0.25) is 0 Å². The van der Waals surface area contributed by atoms with Crippen molar-refractivity contribution in [3.8, 4) is 5.75 Å². The summed E-state index contributed by atoms with van der Waals surface area (Å²) in [7, 11) is 1.56. The standard InChI is InChI=1S/C15H18N4O2/c1-4-17-14-9-16-8-12(18-14)15(20)19-11-7-10(2)5-6-13(11)21-3/h5-9H,4H2,1-3H3,(H,17,18)(H,19,20). The number of carbonyl (C=O) groups excluding carboxylic acids is 1. The summed E-state index contributed by atoms with van der Waals surface area (Å²) < 4.78 is 5.24. The summed E-state index contributed by atoms with van der Waals surface area (Å²) in [6.45, 7) is 4.61. The van der Waals surface area contributed by atoms with Gasteiger partial charge in [0.05, 0.1) is 25.2 Å². The van der Waals surface area contributed by atoms with Crippen LogP contribution in [0.4, 0.5) is 11.5 Å². The lowest BCUT2D eigenvalue weighted by atomic mass is 10.2. The highest BCUT2D eigenvalue weighted by Gasteiger charge is 2.12. The van der Waals surface area contributed by atoms with Crippen molar-refractivity contribution in [1.29, 1.82) is 0 Å². The Balaban J connectivity index is 2.21. The van der Waals surface area contributed by atoms with Crippen LogP contribution in [-0.4, -0.2) is 29.5 Å². The number of ether oxygens (including phenoxy) is 1. The third-order valence-electron chi connectivity index (χ3n) is 2.83. The van der Waals surface area contributed by atoms with Crippen LogP contribution in [0, 0.1) is 6.92 Å². The number of aromatic nitrogens is 2. The van der Waals surface area contributed by atoms with Crippen LogP contribution in [0.15, 0.2) is 30.6 Å². The number of carbonyl (C=O) groups is 1. The van der Waals surface area contributed by atoms with Crippen molar-refractivity contribution in [2.45, 2.75) is 13.8 Å². The number of rotatable bonds is 5. The molecule has 0 bridgehead atoms. The molecule has 2 rings (SSSR count). The average Bonchev–Trinajstić information content (AvgIpc) is 2.48. The van der Waals surface area contributed by atoms with E-state index in [1.165, 1.54) is 6.20 Å². The van der Waals surface area contributed by atoms with E-state index < -0.39 is 0 Å². The Bertz CT molecular complexity index is 643. The lowest BCUT2D eigenvalue weighted by Gasteiger charge is -2.11. The van der Waals surface area contributed by atoms with Gasteiger partial charge in [0.1, 0.15) is 17.3 Å². The molecule has 1 amide bonds. The molecule has 0 saturated heterocycles. The van der Waals surface area contributed by atoms with Gasteiger partial charge in [0.25, 0.3) is 5.91 Å². The minimum Gasteiger partial charge on any atom is -0.495 e. The van der Waals surface area contributed by atoms with E-state index in [0.717, 1.165) is 5.56 Å². The second kappa shape index (κ2) is 6.69. The maximum atomic E-state index is 12.3. The fourth-order valence-corrected chi connectivity index (χ4v) is 1.85. The summed E-state index contributed by atoms with van der Waals surface area (Å²) in [4.78, 5) is 20.5. The van der Waals surface area contributed by atoms with Crippen molar-refractivity contribution in [2.24, 2.45) is 0 Å². The fourth-order valence-electron chi connectivity index (χ4n) is 1.85. The van der Waals surface area contributed by atoms with Crippen molar-refractivity contribution >= 4 is 17.4 Å². The van der Waals surface area contributed by atoms with Crippen LogP contribution in [0.5, 0.6) is 5.75 Å². The smallest absolute Gasteiger partial charge is 0.276 e. The van der Waals surface area contributed by atoms with Gasteiger partial charge in [-0.3, -0.25) is 9.78 Å². The number of anilines is 2. The van der Waals surface area contributed by atoms with Gasteiger partial charge in [-0.25, -0.2) is 4.98 Å². The number of hydrogen-bond acceptors (Lipinski definition) is 5. The third-order valence-corrected chi connectivity index (χ3v) is 2.83. The molecule has 1 aromatic carbocycles. The van der Waals surface area contributed by atoms with Gasteiger partial charge < -0.3 is 15.4 Å². The monoisotopic (exact) mass is 286 g/mol. The summed E-state index contributed by atoms with van der Waals surface area (Å²) in [6.07, 6.45) is 3.01. The zero-order chi connectivity index (χ0) is 15.2. The van der Waals surface area contributed by atoms with Gasteiger partial charge in [-0.05, 0) is 31.5 Å². The molecule has 0 spiro atoms. The predicted molar refractivity (Wildman–Crippen MR) is 81.9 cm³/mol. The first-order valence-corrected chi connectivity index (χ1v) is 6.66. The summed E-state index contributed by atoms with van der Waals surface area (Å²) in [6, 6.07) is 5.57. The minimum absolute atomic E-state index is 0.247. The summed E-state index contributed by atoms with van der Waals surface area (Å²) in [5, 5.41) is 5.81. The van der Waals surface area contributed by atoms with Crippen molar-refractivity contribution in [1.82, 2.24) is 9.97 Å². The molecular formula is C15H18N4O2. The van der Waals surface area contributed by atoms with Gasteiger partial charge in [-0.15, -0.1) is 0 Å². The van der Waals surface area contributed by atoms with Crippen LogP contribution in [-0.2, 0) is 0 Å². The summed E-state index contributed by atoms with van der Waals surface area (Å²) in [5.74, 6) is 0.845. The lowest BCUT2D eigenvalue weighted by Crippen LogP contribution is -2.15. The van der Waals surface area contributed by atoms with E-state index in [4.69, 9.17) is 4.74 Å². The Hall–Kier alpha value is -2.63. The number of nitrogens with zero attached hydrogens (tertiary/aromatic N) is 2.